The number of nitrogen functional groups attached to an aromatic ring is 1. The minimum absolute atomic E-state index is 0.0142. The van der Waals surface area contributed by atoms with Crippen LogP contribution in [0, 0.1) is 0 Å². The largest absolute Gasteiger partial charge is 0.438 e. The van der Waals surface area contributed by atoms with Gasteiger partial charge in [-0.2, -0.15) is 9.97 Å². The molecule has 0 aliphatic rings. The van der Waals surface area contributed by atoms with E-state index in [1.807, 2.05) is 25.1 Å². The quantitative estimate of drug-likeness (QED) is 0.898. The van der Waals surface area contributed by atoms with Crippen molar-refractivity contribution < 1.29 is 4.74 Å². The Labute approximate surface area is 125 Å². The first kappa shape index (κ1) is 15.1. The van der Waals surface area contributed by atoms with E-state index < -0.39 is 0 Å². The van der Waals surface area contributed by atoms with Gasteiger partial charge in [-0.1, -0.05) is 39.0 Å². The Balaban J connectivity index is 2.35. The lowest BCUT2D eigenvalue weighted by Crippen LogP contribution is -2.12. The average Bonchev–Trinajstić information content (AvgIpc) is 2.37. The number of nitrogens with two attached hydrogens (primary N) is 1. The van der Waals surface area contributed by atoms with Crippen molar-refractivity contribution in [2.75, 3.05) is 17.6 Å². The summed E-state index contributed by atoms with van der Waals surface area (Å²) in [5.74, 6) is 2.07. The zero-order chi connectivity index (χ0) is 15.5. The van der Waals surface area contributed by atoms with E-state index in [9.17, 15) is 0 Å². The zero-order valence-corrected chi connectivity index (χ0v) is 13.0. The molecule has 2 rings (SSSR count). The average molecular weight is 286 g/mol. The van der Waals surface area contributed by atoms with Crippen LogP contribution in [0.1, 0.15) is 33.3 Å². The number of ether oxygens (including phenoxy) is 1. The predicted octanol–water partition coefficient (Wildman–Crippen LogP) is 3.58. The molecule has 1 heterocycles. The highest BCUT2D eigenvalue weighted by Crippen LogP contribution is 2.33. The molecule has 5 nitrogen and oxygen atoms in total. The predicted molar refractivity (Wildman–Crippen MR) is 85.8 cm³/mol. The summed E-state index contributed by atoms with van der Waals surface area (Å²) in [7, 11) is 0. The van der Waals surface area contributed by atoms with E-state index in [1.54, 1.807) is 6.07 Å². The highest BCUT2D eigenvalue weighted by molar-refractivity contribution is 5.46. The Morgan fingerprint density at radius 3 is 2.57 bits per heavy atom. The summed E-state index contributed by atoms with van der Waals surface area (Å²) >= 11 is 0. The van der Waals surface area contributed by atoms with Crippen LogP contribution in [0.5, 0.6) is 11.6 Å². The Morgan fingerprint density at radius 2 is 1.90 bits per heavy atom. The molecule has 0 bridgehead atoms. The monoisotopic (exact) mass is 286 g/mol. The molecule has 0 radical (unpaired) electrons. The van der Waals surface area contributed by atoms with Crippen LogP contribution >= 0.6 is 0 Å². The lowest BCUT2D eigenvalue weighted by Gasteiger charge is -2.22. The Morgan fingerprint density at radius 1 is 1.19 bits per heavy atom. The second-order valence-electron chi connectivity index (χ2n) is 5.83. The molecule has 0 spiro atoms. The third-order valence-electron chi connectivity index (χ3n) is 2.99. The van der Waals surface area contributed by atoms with Crippen LogP contribution in [0.4, 0.5) is 11.8 Å². The molecular formula is C16H22N4O. The fraction of sp³-hybridized carbons (Fsp3) is 0.375. The topological polar surface area (TPSA) is 73.1 Å². The van der Waals surface area contributed by atoms with Crippen LogP contribution in [-0.4, -0.2) is 16.5 Å². The van der Waals surface area contributed by atoms with Crippen LogP contribution in [0.3, 0.4) is 0 Å². The number of rotatable bonds is 4. The third kappa shape index (κ3) is 3.84. The molecule has 0 fully saturated rings. The normalized spacial score (nSPS) is 11.2. The summed E-state index contributed by atoms with van der Waals surface area (Å²) < 4.78 is 5.93. The van der Waals surface area contributed by atoms with Crippen molar-refractivity contribution in [1.82, 2.24) is 9.97 Å². The molecule has 0 saturated heterocycles. The molecule has 5 heteroatoms. The maximum absolute atomic E-state index is 5.93. The van der Waals surface area contributed by atoms with Gasteiger partial charge in [-0.3, -0.25) is 0 Å². The summed E-state index contributed by atoms with van der Waals surface area (Å²) in [5.41, 5.74) is 6.83. The standard InChI is InChI=1S/C16H22N4O/c1-5-18-13-10-14(20-15(17)19-13)21-12-9-7-6-8-11(12)16(2,3)4/h6-10H,5H2,1-4H3,(H3,17,18,19,20). The van der Waals surface area contributed by atoms with Crippen LogP contribution in [0.25, 0.3) is 0 Å². The molecule has 0 atom stereocenters. The number of nitrogens with one attached hydrogen (secondary N) is 1. The first-order valence-electron chi connectivity index (χ1n) is 7.06. The number of anilines is 2. The zero-order valence-electron chi connectivity index (χ0n) is 13.0. The number of benzene rings is 1. The fourth-order valence-electron chi connectivity index (χ4n) is 2.05. The van der Waals surface area contributed by atoms with Gasteiger partial charge in [0.15, 0.2) is 0 Å². The lowest BCUT2D eigenvalue weighted by molar-refractivity contribution is 0.440. The molecule has 1 aromatic carbocycles. The Bertz CT molecular complexity index is 620. The van der Waals surface area contributed by atoms with Gasteiger partial charge in [0.1, 0.15) is 11.6 Å². The SMILES string of the molecule is CCNc1cc(Oc2ccccc2C(C)(C)C)nc(N)n1. The van der Waals surface area contributed by atoms with Gasteiger partial charge in [-0.05, 0) is 18.4 Å². The number of hydrogen-bond acceptors (Lipinski definition) is 5. The van der Waals surface area contributed by atoms with Gasteiger partial charge >= 0.3 is 0 Å². The van der Waals surface area contributed by atoms with E-state index in [-0.39, 0.29) is 11.4 Å². The van der Waals surface area contributed by atoms with Crippen LogP contribution in [-0.2, 0) is 5.41 Å². The summed E-state index contributed by atoms with van der Waals surface area (Å²) in [6.45, 7) is 9.19. The summed E-state index contributed by atoms with van der Waals surface area (Å²) in [5, 5.41) is 3.11. The Kier molecular flexibility index (Phi) is 4.31. The van der Waals surface area contributed by atoms with E-state index in [2.05, 4.69) is 42.1 Å². The number of nitrogens with zero attached hydrogens (tertiary/aromatic N) is 2. The molecule has 0 saturated carbocycles. The van der Waals surface area contributed by atoms with Crippen molar-refractivity contribution in [2.24, 2.45) is 0 Å². The summed E-state index contributed by atoms with van der Waals surface area (Å²) in [6, 6.07) is 9.70. The minimum Gasteiger partial charge on any atom is -0.438 e. The molecule has 0 aliphatic carbocycles. The molecule has 0 unspecified atom stereocenters. The molecule has 0 aliphatic heterocycles. The van der Waals surface area contributed by atoms with Crippen molar-refractivity contribution in [3.63, 3.8) is 0 Å². The van der Waals surface area contributed by atoms with Crippen molar-refractivity contribution in [3.8, 4) is 11.6 Å². The molecular weight excluding hydrogens is 264 g/mol. The van der Waals surface area contributed by atoms with E-state index in [4.69, 9.17) is 10.5 Å². The third-order valence-corrected chi connectivity index (χ3v) is 2.99. The van der Waals surface area contributed by atoms with Gasteiger partial charge in [-0.15, -0.1) is 0 Å². The fourth-order valence-corrected chi connectivity index (χ4v) is 2.05. The van der Waals surface area contributed by atoms with Gasteiger partial charge in [-0.25, -0.2) is 0 Å². The maximum Gasteiger partial charge on any atom is 0.226 e. The molecule has 112 valence electrons. The molecule has 3 N–H and O–H groups in total. The van der Waals surface area contributed by atoms with Gasteiger partial charge in [0.2, 0.25) is 11.8 Å². The van der Waals surface area contributed by atoms with Gasteiger partial charge in [0.05, 0.1) is 0 Å². The van der Waals surface area contributed by atoms with Crippen LogP contribution in [0.2, 0.25) is 0 Å². The van der Waals surface area contributed by atoms with Crippen molar-refractivity contribution >= 4 is 11.8 Å². The smallest absolute Gasteiger partial charge is 0.226 e. The van der Waals surface area contributed by atoms with E-state index in [0.717, 1.165) is 17.9 Å². The van der Waals surface area contributed by atoms with Crippen molar-refractivity contribution in [1.29, 1.82) is 0 Å². The molecule has 21 heavy (non-hydrogen) atoms. The number of aromatic nitrogens is 2. The van der Waals surface area contributed by atoms with E-state index >= 15 is 0 Å². The molecule has 2 aromatic rings. The highest BCUT2D eigenvalue weighted by Gasteiger charge is 2.19. The van der Waals surface area contributed by atoms with Crippen molar-refractivity contribution in [3.05, 3.63) is 35.9 Å². The van der Waals surface area contributed by atoms with Gasteiger partial charge in [0.25, 0.3) is 0 Å². The van der Waals surface area contributed by atoms with Gasteiger partial charge in [0, 0.05) is 18.2 Å². The molecule has 1 aromatic heterocycles. The Hall–Kier alpha value is -2.30. The maximum atomic E-state index is 5.93. The van der Waals surface area contributed by atoms with Gasteiger partial charge < -0.3 is 15.8 Å². The molecule has 0 amide bonds. The number of para-hydroxylation sites is 1. The second-order valence-corrected chi connectivity index (χ2v) is 5.83. The van der Waals surface area contributed by atoms with Crippen LogP contribution < -0.4 is 15.8 Å². The van der Waals surface area contributed by atoms with Crippen LogP contribution in [0.15, 0.2) is 30.3 Å². The summed E-state index contributed by atoms with van der Waals surface area (Å²) in [4.78, 5) is 8.25. The first-order valence-corrected chi connectivity index (χ1v) is 7.06. The van der Waals surface area contributed by atoms with E-state index in [1.165, 1.54) is 0 Å². The van der Waals surface area contributed by atoms with E-state index in [0.29, 0.717) is 11.7 Å². The highest BCUT2D eigenvalue weighted by atomic mass is 16.5. The minimum atomic E-state index is -0.0142. The number of hydrogen-bond donors (Lipinski definition) is 2. The second kappa shape index (κ2) is 5.99. The summed E-state index contributed by atoms with van der Waals surface area (Å²) in [6.07, 6.45) is 0. The first-order chi connectivity index (χ1) is 9.90. The lowest BCUT2D eigenvalue weighted by atomic mass is 9.86. The van der Waals surface area contributed by atoms with Crippen molar-refractivity contribution in [2.45, 2.75) is 33.1 Å².